The summed E-state index contributed by atoms with van der Waals surface area (Å²) in [5.41, 5.74) is 26.2. The fourth-order valence-electron chi connectivity index (χ4n) is 18.2. The summed E-state index contributed by atoms with van der Waals surface area (Å²) in [4.78, 5) is 26.1. The van der Waals surface area contributed by atoms with Crippen LogP contribution in [-0.4, -0.2) is 43.2 Å². The van der Waals surface area contributed by atoms with Crippen LogP contribution in [0.4, 0.5) is 0 Å². The topological polar surface area (TPSA) is 84.2 Å². The number of para-hydroxylation sites is 6. The minimum Gasteiger partial charge on any atom is -0.309 e. The molecule has 0 bridgehead atoms. The number of aromatic nitrogens is 9. The van der Waals surface area contributed by atoms with Crippen molar-refractivity contribution in [3.05, 3.63) is 431 Å². The van der Waals surface area contributed by atoms with Gasteiger partial charge in [-0.1, -0.05) is 340 Å². The molecule has 0 radical (unpaired) electrons. The highest BCUT2D eigenvalue weighted by Gasteiger charge is 2.26. The molecular formula is C111H71N9. The van der Waals surface area contributed by atoms with Crippen molar-refractivity contribution in [1.82, 2.24) is 43.2 Å². The third kappa shape index (κ3) is 11.8. The van der Waals surface area contributed by atoms with Gasteiger partial charge in [-0.25, -0.2) is 24.9 Å². The molecule has 24 aromatic rings. The zero-order valence-electron chi connectivity index (χ0n) is 65.0. The van der Waals surface area contributed by atoms with Crippen LogP contribution in [0.25, 0.3) is 222 Å². The lowest BCUT2D eigenvalue weighted by Gasteiger charge is -2.15. The van der Waals surface area contributed by atoms with Gasteiger partial charge in [-0.3, -0.25) is 0 Å². The van der Waals surface area contributed by atoms with E-state index in [4.69, 9.17) is 24.9 Å². The van der Waals surface area contributed by atoms with Gasteiger partial charge in [0, 0.05) is 99.2 Å². The highest BCUT2D eigenvalue weighted by molar-refractivity contribution is 6.28. The second kappa shape index (κ2) is 28.9. The Hall–Kier alpha value is -16.2. The second-order valence-electron chi connectivity index (χ2n) is 30.6. The average molecular weight is 1530 g/mol. The third-order valence-corrected chi connectivity index (χ3v) is 23.7. The van der Waals surface area contributed by atoms with Gasteiger partial charge in [-0.2, -0.15) is 0 Å². The molecule has 9 nitrogen and oxygen atoms in total. The van der Waals surface area contributed by atoms with E-state index >= 15 is 0 Å². The molecule has 0 fully saturated rings. The summed E-state index contributed by atoms with van der Waals surface area (Å²) >= 11 is 0. The molecule has 18 aromatic carbocycles. The van der Waals surface area contributed by atoms with Crippen molar-refractivity contribution in [2.45, 2.75) is 0 Å². The zero-order valence-corrected chi connectivity index (χ0v) is 65.0. The van der Waals surface area contributed by atoms with E-state index in [1.54, 1.807) is 0 Å². The Morgan fingerprint density at radius 2 is 0.492 bits per heavy atom. The van der Waals surface area contributed by atoms with Crippen molar-refractivity contribution in [1.29, 1.82) is 0 Å². The molecule has 6 heterocycles. The van der Waals surface area contributed by atoms with Gasteiger partial charge in [0.25, 0.3) is 0 Å². The van der Waals surface area contributed by atoms with Gasteiger partial charge in [0.2, 0.25) is 0 Å². The van der Waals surface area contributed by atoms with E-state index in [1.807, 2.05) is 36.4 Å². The summed E-state index contributed by atoms with van der Waals surface area (Å²) in [5.74, 6) is 2.58. The van der Waals surface area contributed by atoms with Crippen LogP contribution in [-0.2, 0) is 0 Å². The van der Waals surface area contributed by atoms with Crippen LogP contribution >= 0.6 is 0 Å². The first-order chi connectivity index (χ1) is 59.5. The monoisotopic (exact) mass is 1530 g/mol. The first kappa shape index (κ1) is 69.3. The Kier molecular flexibility index (Phi) is 16.7. The lowest BCUT2D eigenvalue weighted by atomic mass is 10.0. The molecule has 0 aliphatic heterocycles. The van der Waals surface area contributed by atoms with Crippen LogP contribution in [0, 0.1) is 0 Å². The van der Waals surface area contributed by atoms with Gasteiger partial charge in [0.05, 0.1) is 55.5 Å². The molecule has 0 amide bonds. The van der Waals surface area contributed by atoms with Crippen molar-refractivity contribution in [3.63, 3.8) is 0 Å². The molecule has 0 aliphatic carbocycles. The van der Waals surface area contributed by atoms with Crippen LogP contribution in [0.3, 0.4) is 0 Å². The summed E-state index contributed by atoms with van der Waals surface area (Å²) in [6.45, 7) is 0. The smallest absolute Gasteiger partial charge is 0.164 e. The van der Waals surface area contributed by atoms with Crippen molar-refractivity contribution in [3.8, 4) is 113 Å². The number of fused-ring (bicyclic) bond motifs is 16. The molecule has 24 rings (SSSR count). The highest BCUT2D eigenvalue weighted by Crippen LogP contribution is 2.47. The maximum absolute atomic E-state index is 5.27. The average Bonchev–Trinajstić information content (AvgIpc) is 1.55. The summed E-state index contributed by atoms with van der Waals surface area (Å²) in [5, 5.41) is 14.2. The SMILES string of the molecule is c1ccc(-c2ccc(-c3cc(-c4ccccc4)nc(-c4cccc5cc(-n6c7ccccc7c7c6ccc6c8ccccc8n(-c8ccccc8)c67)ccc45)n3)cc2)cc1.c1ccc(-c2ccc(-c3nc(-c4ccccc4)nc(-c4cc(-n5c6ccccc6c6c5ccc5c7ccccc7n(-c7ccccc7)c56)cc5ccccc45)n3)cc2)cc1. The summed E-state index contributed by atoms with van der Waals surface area (Å²) in [6, 6.07) is 153. The van der Waals surface area contributed by atoms with E-state index in [1.165, 1.54) is 92.9 Å². The van der Waals surface area contributed by atoms with E-state index in [9.17, 15) is 0 Å². The predicted octanol–water partition coefficient (Wildman–Crippen LogP) is 28.4. The van der Waals surface area contributed by atoms with Crippen LogP contribution in [0.5, 0.6) is 0 Å². The van der Waals surface area contributed by atoms with Gasteiger partial charge < -0.3 is 18.3 Å². The molecule has 0 saturated carbocycles. The predicted molar refractivity (Wildman–Crippen MR) is 498 cm³/mol. The Labute approximate surface area is 691 Å². The third-order valence-electron chi connectivity index (χ3n) is 23.7. The van der Waals surface area contributed by atoms with E-state index in [0.29, 0.717) is 23.3 Å². The fourth-order valence-corrected chi connectivity index (χ4v) is 18.2. The van der Waals surface area contributed by atoms with Gasteiger partial charge >= 0.3 is 0 Å². The maximum Gasteiger partial charge on any atom is 0.164 e. The molecule has 0 atom stereocenters. The number of rotatable bonds is 12. The standard InChI is InChI=1S/C56H36N4.C55H35N5/c1-4-15-37(16-5-1)38-27-29-40(30-28-38)50-36-49(39-17-6-2-7-18-39)57-56(58-50)47-24-14-19-41-35-43(31-32-44(41)47)59-52-26-13-11-23-48(52)54-53(59)34-33-46-45-22-10-12-25-51(45)60(55(46)54)42-20-8-3-9-21-42;1-4-16-36(17-5-1)37-28-30-39(31-29-37)54-56-53(38-18-6-2-7-19-38)57-55(58-54)47-35-42(34-40-20-10-11-23-43(40)47)59-49-27-15-13-25-46(49)51-50(59)33-32-45-44-24-12-14-26-48(44)60(52(45)51)41-21-8-3-9-22-41/h1-36H;1-35H. The number of hydrogen-bond donors (Lipinski definition) is 0. The quantitative estimate of drug-likeness (QED) is 0.122. The van der Waals surface area contributed by atoms with Gasteiger partial charge in [0.15, 0.2) is 23.3 Å². The molecule has 0 saturated heterocycles. The summed E-state index contributed by atoms with van der Waals surface area (Å²) in [6.07, 6.45) is 0. The Bertz CT molecular complexity index is 8080. The molecule has 0 spiro atoms. The van der Waals surface area contributed by atoms with Crippen molar-refractivity contribution >= 4 is 109 Å². The van der Waals surface area contributed by atoms with Gasteiger partial charge in [0.1, 0.15) is 0 Å². The van der Waals surface area contributed by atoms with Crippen molar-refractivity contribution < 1.29 is 0 Å². The van der Waals surface area contributed by atoms with E-state index < -0.39 is 0 Å². The fraction of sp³-hybridized carbons (Fsp3) is 0. The molecule has 0 aliphatic rings. The number of hydrogen-bond acceptors (Lipinski definition) is 5. The minimum atomic E-state index is 0.622. The minimum absolute atomic E-state index is 0.622. The van der Waals surface area contributed by atoms with Crippen molar-refractivity contribution in [2.24, 2.45) is 0 Å². The second-order valence-corrected chi connectivity index (χ2v) is 30.6. The molecule has 560 valence electrons. The summed E-state index contributed by atoms with van der Waals surface area (Å²) < 4.78 is 9.70. The first-order valence-corrected chi connectivity index (χ1v) is 40.7. The van der Waals surface area contributed by atoms with Crippen LogP contribution in [0.1, 0.15) is 0 Å². The Balaban J connectivity index is 0.000000140. The zero-order chi connectivity index (χ0) is 79.1. The molecule has 0 unspecified atom stereocenters. The number of benzene rings is 18. The summed E-state index contributed by atoms with van der Waals surface area (Å²) in [7, 11) is 0. The van der Waals surface area contributed by atoms with E-state index in [-0.39, 0.29) is 0 Å². The van der Waals surface area contributed by atoms with Crippen LogP contribution in [0.2, 0.25) is 0 Å². The van der Waals surface area contributed by atoms with Gasteiger partial charge in [-0.15, -0.1) is 0 Å². The highest BCUT2D eigenvalue weighted by atomic mass is 15.1. The molecular weight excluding hydrogens is 1460 g/mol. The normalized spacial score (nSPS) is 11.7. The van der Waals surface area contributed by atoms with Crippen LogP contribution < -0.4 is 0 Å². The van der Waals surface area contributed by atoms with Gasteiger partial charge in [-0.05, 0) is 135 Å². The maximum atomic E-state index is 5.27. The van der Waals surface area contributed by atoms with E-state index in [2.05, 4.69) is 413 Å². The lowest BCUT2D eigenvalue weighted by Crippen LogP contribution is -2.02. The van der Waals surface area contributed by atoms with E-state index in [0.717, 1.165) is 106 Å². The van der Waals surface area contributed by atoms with Crippen LogP contribution in [0.15, 0.2) is 431 Å². The lowest BCUT2D eigenvalue weighted by molar-refractivity contribution is 1.07. The molecule has 120 heavy (non-hydrogen) atoms. The molecule has 0 N–H and O–H groups in total. The molecule has 6 aromatic heterocycles. The van der Waals surface area contributed by atoms with Crippen molar-refractivity contribution in [2.75, 3.05) is 0 Å². The largest absolute Gasteiger partial charge is 0.309 e. The Morgan fingerprint density at radius 3 is 1.00 bits per heavy atom. The molecule has 9 heteroatoms. The Morgan fingerprint density at radius 1 is 0.158 bits per heavy atom. The number of nitrogens with zero attached hydrogens (tertiary/aromatic N) is 9. The first-order valence-electron chi connectivity index (χ1n) is 40.7.